The highest BCUT2D eigenvalue weighted by Gasteiger charge is 2.24. The van der Waals surface area contributed by atoms with Crippen molar-refractivity contribution in [1.29, 1.82) is 0 Å². The summed E-state index contributed by atoms with van der Waals surface area (Å²) >= 11 is 1.85. The van der Waals surface area contributed by atoms with Crippen molar-refractivity contribution in [3.8, 4) is 0 Å². The average Bonchev–Trinajstić information content (AvgIpc) is 2.70. The van der Waals surface area contributed by atoms with Crippen molar-refractivity contribution in [1.82, 2.24) is 10.6 Å². The van der Waals surface area contributed by atoms with Crippen molar-refractivity contribution in [3.05, 3.63) is 66.2 Å². The van der Waals surface area contributed by atoms with Crippen LogP contribution in [0.15, 0.2) is 60.7 Å². The number of hydrogen-bond acceptors (Lipinski definition) is 4. The van der Waals surface area contributed by atoms with E-state index >= 15 is 0 Å². The Bertz CT molecular complexity index is 740. The van der Waals surface area contributed by atoms with Gasteiger partial charge in [0.15, 0.2) is 0 Å². The lowest BCUT2D eigenvalue weighted by Crippen LogP contribution is -2.48. The van der Waals surface area contributed by atoms with Crippen molar-refractivity contribution < 1.29 is 9.59 Å². The first-order valence-electron chi connectivity index (χ1n) is 9.21. The summed E-state index contributed by atoms with van der Waals surface area (Å²) in [7, 11) is 0. The first-order valence-corrected chi connectivity index (χ1v) is 10.4. The number of benzene rings is 2. The lowest BCUT2D eigenvalue weighted by molar-refractivity contribution is -0.126. The van der Waals surface area contributed by atoms with Gasteiger partial charge in [0.1, 0.15) is 6.04 Å². The van der Waals surface area contributed by atoms with Gasteiger partial charge in [-0.1, -0.05) is 48.5 Å². The summed E-state index contributed by atoms with van der Waals surface area (Å²) in [6.07, 6.45) is 0.842. The van der Waals surface area contributed by atoms with Crippen LogP contribution in [0.5, 0.6) is 0 Å². The second kappa shape index (κ2) is 11.7. The van der Waals surface area contributed by atoms with Gasteiger partial charge in [0.05, 0.1) is 0 Å². The third kappa shape index (κ3) is 7.19. The fourth-order valence-electron chi connectivity index (χ4n) is 3.04. The van der Waals surface area contributed by atoms with Crippen LogP contribution in [0.1, 0.15) is 12.0 Å². The molecular weight excluding hydrogens is 394 g/mol. The molecule has 2 aromatic rings. The Hall–Kier alpha value is -2.02. The number of halogens is 1. The van der Waals surface area contributed by atoms with E-state index in [2.05, 4.69) is 16.0 Å². The maximum absolute atomic E-state index is 12.8. The number of para-hydroxylation sites is 1. The first kappa shape index (κ1) is 22.3. The number of hydrogen-bond donors (Lipinski definition) is 3. The van der Waals surface area contributed by atoms with Crippen LogP contribution >= 0.6 is 24.2 Å². The maximum Gasteiger partial charge on any atom is 0.247 e. The number of anilines is 1. The molecule has 0 aromatic heterocycles. The summed E-state index contributed by atoms with van der Waals surface area (Å²) in [5, 5.41) is 9.19. The maximum atomic E-state index is 12.8. The molecular formula is C21H26ClN3O2S. The molecule has 0 saturated carbocycles. The predicted octanol–water partition coefficient (Wildman–Crippen LogP) is 2.87. The molecule has 1 heterocycles. The lowest BCUT2D eigenvalue weighted by atomic mass is 10.0. The molecule has 2 unspecified atom stereocenters. The topological polar surface area (TPSA) is 70.2 Å². The van der Waals surface area contributed by atoms with Gasteiger partial charge in [-0.05, 0) is 17.7 Å². The molecule has 2 amide bonds. The van der Waals surface area contributed by atoms with Crippen LogP contribution in [-0.4, -0.2) is 41.9 Å². The largest absolute Gasteiger partial charge is 0.344 e. The zero-order valence-electron chi connectivity index (χ0n) is 15.6. The van der Waals surface area contributed by atoms with Gasteiger partial charge in [-0.2, -0.15) is 11.8 Å². The molecule has 1 aliphatic heterocycles. The van der Waals surface area contributed by atoms with Gasteiger partial charge in [0.2, 0.25) is 11.8 Å². The van der Waals surface area contributed by atoms with Gasteiger partial charge >= 0.3 is 0 Å². The normalized spacial score (nSPS) is 17.1. The van der Waals surface area contributed by atoms with Crippen molar-refractivity contribution >= 4 is 41.7 Å². The minimum absolute atomic E-state index is 0. The number of rotatable bonds is 7. The van der Waals surface area contributed by atoms with Gasteiger partial charge < -0.3 is 16.0 Å². The molecule has 1 fully saturated rings. The van der Waals surface area contributed by atoms with E-state index in [1.165, 1.54) is 0 Å². The Kier molecular flexibility index (Phi) is 9.34. The van der Waals surface area contributed by atoms with Gasteiger partial charge in [-0.3, -0.25) is 9.59 Å². The summed E-state index contributed by atoms with van der Waals surface area (Å²) in [5.41, 5.74) is 1.73. The monoisotopic (exact) mass is 419 g/mol. The second-order valence-electron chi connectivity index (χ2n) is 6.60. The number of thioether (sulfide) groups is 1. The highest BCUT2D eigenvalue weighted by atomic mass is 35.5. The number of amides is 2. The molecule has 5 nitrogen and oxygen atoms in total. The van der Waals surface area contributed by atoms with Crippen molar-refractivity contribution in [2.75, 3.05) is 23.4 Å². The van der Waals surface area contributed by atoms with Crippen LogP contribution in [0.2, 0.25) is 0 Å². The van der Waals surface area contributed by atoms with E-state index < -0.39 is 6.04 Å². The lowest BCUT2D eigenvalue weighted by Gasteiger charge is -2.24. The van der Waals surface area contributed by atoms with E-state index in [0.29, 0.717) is 12.8 Å². The summed E-state index contributed by atoms with van der Waals surface area (Å²) in [5.74, 6) is 1.70. The molecule has 2 aromatic carbocycles. The Balaban J connectivity index is 0.00000280. The molecule has 0 spiro atoms. The molecule has 3 N–H and O–H groups in total. The Labute approximate surface area is 176 Å². The Morgan fingerprint density at radius 1 is 1.07 bits per heavy atom. The summed E-state index contributed by atoms with van der Waals surface area (Å²) in [6, 6.07) is 18.6. The second-order valence-corrected chi connectivity index (χ2v) is 7.75. The molecule has 2 atom stereocenters. The van der Waals surface area contributed by atoms with Crippen molar-refractivity contribution in [3.63, 3.8) is 0 Å². The molecule has 150 valence electrons. The van der Waals surface area contributed by atoms with Crippen molar-refractivity contribution in [2.24, 2.45) is 0 Å². The van der Waals surface area contributed by atoms with Gasteiger partial charge in [-0.15, -0.1) is 12.4 Å². The molecule has 1 saturated heterocycles. The zero-order chi connectivity index (χ0) is 18.9. The van der Waals surface area contributed by atoms with E-state index in [1.54, 1.807) is 0 Å². The van der Waals surface area contributed by atoms with Crippen LogP contribution in [0.3, 0.4) is 0 Å². The number of carbonyl (C=O) groups is 2. The standard InChI is InChI=1S/C21H25N3O2S.ClH/c25-20(14-18-15-27-12-11-22-18)24-19(13-16-7-3-1-4-8-16)21(26)23-17-9-5-2-6-10-17;/h1-10,18-19,22H,11-15H2,(H,23,26)(H,24,25);1H. The third-order valence-electron chi connectivity index (χ3n) is 4.41. The summed E-state index contributed by atoms with van der Waals surface area (Å²) in [6.45, 7) is 0.921. The van der Waals surface area contributed by atoms with Crippen molar-refractivity contribution in [2.45, 2.75) is 24.9 Å². The minimum Gasteiger partial charge on any atom is -0.344 e. The summed E-state index contributed by atoms with van der Waals surface area (Å²) in [4.78, 5) is 25.3. The van der Waals surface area contributed by atoms with Gasteiger partial charge in [0, 0.05) is 42.6 Å². The van der Waals surface area contributed by atoms with E-state index in [-0.39, 0.29) is 30.3 Å². The SMILES string of the molecule is Cl.O=C(CC1CSCCN1)NC(Cc1ccccc1)C(=O)Nc1ccccc1. The third-order valence-corrected chi connectivity index (χ3v) is 5.54. The predicted molar refractivity (Wildman–Crippen MR) is 118 cm³/mol. The molecule has 28 heavy (non-hydrogen) atoms. The first-order chi connectivity index (χ1) is 13.2. The number of nitrogens with one attached hydrogen (secondary N) is 3. The molecule has 0 aliphatic carbocycles. The fourth-order valence-corrected chi connectivity index (χ4v) is 3.99. The molecule has 1 aliphatic rings. The van der Waals surface area contributed by atoms with E-state index in [1.807, 2.05) is 72.4 Å². The summed E-state index contributed by atoms with van der Waals surface area (Å²) < 4.78 is 0. The quantitative estimate of drug-likeness (QED) is 0.645. The Morgan fingerprint density at radius 3 is 2.39 bits per heavy atom. The highest BCUT2D eigenvalue weighted by Crippen LogP contribution is 2.12. The van der Waals surface area contributed by atoms with Crippen LogP contribution in [-0.2, 0) is 16.0 Å². The van der Waals surface area contributed by atoms with Crippen LogP contribution in [0.25, 0.3) is 0 Å². The van der Waals surface area contributed by atoms with Crippen LogP contribution in [0.4, 0.5) is 5.69 Å². The highest BCUT2D eigenvalue weighted by molar-refractivity contribution is 7.99. The fraction of sp³-hybridized carbons (Fsp3) is 0.333. The van der Waals surface area contributed by atoms with E-state index in [4.69, 9.17) is 0 Å². The van der Waals surface area contributed by atoms with Gasteiger partial charge in [0.25, 0.3) is 0 Å². The smallest absolute Gasteiger partial charge is 0.247 e. The van der Waals surface area contributed by atoms with E-state index in [9.17, 15) is 9.59 Å². The van der Waals surface area contributed by atoms with E-state index in [0.717, 1.165) is 29.3 Å². The number of carbonyl (C=O) groups excluding carboxylic acids is 2. The molecule has 3 rings (SSSR count). The van der Waals surface area contributed by atoms with Crippen LogP contribution < -0.4 is 16.0 Å². The average molecular weight is 420 g/mol. The Morgan fingerprint density at radius 2 is 1.75 bits per heavy atom. The van der Waals surface area contributed by atoms with Gasteiger partial charge in [-0.25, -0.2) is 0 Å². The van der Waals surface area contributed by atoms with Crippen LogP contribution in [0, 0.1) is 0 Å². The molecule has 0 bridgehead atoms. The zero-order valence-corrected chi connectivity index (χ0v) is 17.2. The molecule has 0 radical (unpaired) electrons. The minimum atomic E-state index is -0.614. The molecule has 7 heteroatoms.